The van der Waals surface area contributed by atoms with E-state index in [1.807, 2.05) is 0 Å². The minimum absolute atomic E-state index is 0.167. The predicted molar refractivity (Wildman–Crippen MR) is 120 cm³/mol. The molecule has 1 aliphatic heterocycles. The van der Waals surface area contributed by atoms with Crippen molar-refractivity contribution in [2.24, 2.45) is 0 Å². The molecular weight excluding hydrogens is 382 g/mol. The van der Waals surface area contributed by atoms with E-state index >= 15 is 0 Å². The number of fused-ring (bicyclic) bond motifs is 5. The van der Waals surface area contributed by atoms with Crippen molar-refractivity contribution in [1.82, 2.24) is 15.0 Å². The third kappa shape index (κ3) is 4.09. The monoisotopic (exact) mass is 414 g/mol. The van der Waals surface area contributed by atoms with E-state index in [9.17, 15) is 0 Å². The number of rotatable bonds is 7. The molecule has 0 bridgehead atoms. The van der Waals surface area contributed by atoms with Crippen LogP contribution < -0.4 is 10.2 Å². The highest BCUT2D eigenvalue weighted by molar-refractivity contribution is 7.26. The molecular formula is C22H32N5OS+. The molecule has 0 amide bonds. The SMILES string of the molecule is CCCCc1nc2sc3c(NCC[NH+](C)C)ncnc3c2c2c1COC(C)(C)C2. The Balaban J connectivity index is 1.86. The fraction of sp³-hybridized carbons (Fsp3) is 0.591. The van der Waals surface area contributed by atoms with Crippen molar-refractivity contribution in [2.75, 3.05) is 32.5 Å². The van der Waals surface area contributed by atoms with E-state index in [4.69, 9.17) is 14.7 Å². The maximum Gasteiger partial charge on any atom is 0.147 e. The lowest BCUT2D eigenvalue weighted by Crippen LogP contribution is -3.06. The molecule has 0 fully saturated rings. The van der Waals surface area contributed by atoms with Crippen molar-refractivity contribution in [3.05, 3.63) is 23.1 Å². The van der Waals surface area contributed by atoms with Crippen LogP contribution in [0.1, 0.15) is 50.4 Å². The number of ether oxygens (including phenoxy) is 1. The normalized spacial score (nSPS) is 15.9. The van der Waals surface area contributed by atoms with Crippen molar-refractivity contribution in [3.63, 3.8) is 0 Å². The first-order chi connectivity index (χ1) is 13.9. The molecule has 0 aliphatic carbocycles. The summed E-state index contributed by atoms with van der Waals surface area (Å²) in [4.78, 5) is 16.8. The molecule has 4 rings (SSSR count). The lowest BCUT2D eigenvalue weighted by atomic mass is 9.88. The Bertz CT molecular complexity index is 1030. The number of aromatic nitrogens is 3. The Kier molecular flexibility index (Phi) is 5.73. The number of nitrogens with one attached hydrogen (secondary N) is 2. The van der Waals surface area contributed by atoms with Crippen LogP contribution in [0, 0.1) is 0 Å². The second-order valence-electron chi connectivity index (χ2n) is 8.91. The number of nitrogens with zero attached hydrogens (tertiary/aromatic N) is 3. The van der Waals surface area contributed by atoms with Crippen molar-refractivity contribution >= 4 is 37.6 Å². The van der Waals surface area contributed by atoms with E-state index in [2.05, 4.69) is 45.2 Å². The van der Waals surface area contributed by atoms with Crippen LogP contribution in [0.3, 0.4) is 0 Å². The topological polar surface area (TPSA) is 64.4 Å². The highest BCUT2D eigenvalue weighted by atomic mass is 32.1. The first kappa shape index (κ1) is 20.4. The Morgan fingerprint density at radius 3 is 2.83 bits per heavy atom. The maximum atomic E-state index is 6.17. The molecule has 0 spiro atoms. The maximum absolute atomic E-state index is 6.17. The number of hydrogen-bond acceptors (Lipinski definition) is 6. The fourth-order valence-electron chi connectivity index (χ4n) is 3.98. The van der Waals surface area contributed by atoms with E-state index in [0.29, 0.717) is 6.61 Å². The highest BCUT2D eigenvalue weighted by Crippen LogP contribution is 2.42. The summed E-state index contributed by atoms with van der Waals surface area (Å²) in [7, 11) is 4.32. The molecule has 156 valence electrons. The Labute approximate surface area is 176 Å². The van der Waals surface area contributed by atoms with Gasteiger partial charge in [-0.05, 0) is 32.3 Å². The number of aryl methyl sites for hydroxylation is 1. The molecule has 0 radical (unpaired) electrons. The molecule has 3 aromatic rings. The Morgan fingerprint density at radius 2 is 2.07 bits per heavy atom. The summed E-state index contributed by atoms with van der Waals surface area (Å²) in [5.74, 6) is 0.925. The molecule has 3 aromatic heterocycles. The zero-order valence-corrected chi connectivity index (χ0v) is 19.0. The summed E-state index contributed by atoms with van der Waals surface area (Å²) < 4.78 is 7.28. The van der Waals surface area contributed by atoms with Crippen LogP contribution in [0.15, 0.2) is 6.33 Å². The zero-order chi connectivity index (χ0) is 20.6. The summed E-state index contributed by atoms with van der Waals surface area (Å²) in [6, 6.07) is 0. The van der Waals surface area contributed by atoms with Crippen LogP contribution in [-0.4, -0.2) is 47.7 Å². The largest absolute Gasteiger partial charge is 0.370 e. The number of quaternary nitrogens is 1. The van der Waals surface area contributed by atoms with Crippen LogP contribution in [0.4, 0.5) is 5.82 Å². The Hall–Kier alpha value is -1.83. The summed E-state index contributed by atoms with van der Waals surface area (Å²) in [5.41, 5.74) is 4.73. The average molecular weight is 415 g/mol. The first-order valence-electron chi connectivity index (χ1n) is 10.6. The number of anilines is 1. The van der Waals surface area contributed by atoms with E-state index < -0.39 is 0 Å². The number of thiophene rings is 1. The van der Waals surface area contributed by atoms with Gasteiger partial charge in [0.05, 0.1) is 49.6 Å². The molecule has 0 saturated carbocycles. The predicted octanol–water partition coefficient (Wildman–Crippen LogP) is 2.99. The molecule has 6 nitrogen and oxygen atoms in total. The van der Waals surface area contributed by atoms with Crippen molar-refractivity contribution in [3.8, 4) is 0 Å². The molecule has 29 heavy (non-hydrogen) atoms. The van der Waals surface area contributed by atoms with E-state index in [1.165, 1.54) is 33.5 Å². The minimum Gasteiger partial charge on any atom is -0.370 e. The molecule has 1 aliphatic rings. The van der Waals surface area contributed by atoms with E-state index in [0.717, 1.165) is 53.2 Å². The average Bonchev–Trinajstić information content (AvgIpc) is 3.04. The standard InChI is InChI=1S/C22H31N5OS/c1-6-7-8-16-15-12-28-22(2,3)11-14(15)17-18-19(29-21(17)26-16)20(25-13-24-18)23-9-10-27(4)5/h13H,6-12H2,1-5H3,(H,23,24,25)/p+1. The Morgan fingerprint density at radius 1 is 1.24 bits per heavy atom. The fourth-order valence-corrected chi connectivity index (χ4v) is 5.13. The molecule has 0 saturated heterocycles. The van der Waals surface area contributed by atoms with E-state index in [1.54, 1.807) is 17.7 Å². The van der Waals surface area contributed by atoms with Gasteiger partial charge in [-0.15, -0.1) is 11.3 Å². The van der Waals surface area contributed by atoms with Crippen LogP contribution in [-0.2, 0) is 24.2 Å². The van der Waals surface area contributed by atoms with Gasteiger partial charge in [-0.3, -0.25) is 0 Å². The molecule has 4 heterocycles. The van der Waals surface area contributed by atoms with Gasteiger partial charge in [0.25, 0.3) is 0 Å². The van der Waals surface area contributed by atoms with E-state index in [-0.39, 0.29) is 5.60 Å². The second-order valence-corrected chi connectivity index (χ2v) is 9.91. The highest BCUT2D eigenvalue weighted by Gasteiger charge is 2.31. The van der Waals surface area contributed by atoms with Gasteiger partial charge in [0.2, 0.25) is 0 Å². The van der Waals surface area contributed by atoms with Gasteiger partial charge in [-0.1, -0.05) is 13.3 Å². The summed E-state index contributed by atoms with van der Waals surface area (Å²) >= 11 is 1.72. The second kappa shape index (κ2) is 8.13. The summed E-state index contributed by atoms with van der Waals surface area (Å²) in [6.07, 6.45) is 5.90. The third-order valence-electron chi connectivity index (χ3n) is 5.60. The van der Waals surface area contributed by atoms with Crippen LogP contribution in [0.2, 0.25) is 0 Å². The first-order valence-corrected chi connectivity index (χ1v) is 11.5. The van der Waals surface area contributed by atoms with Crippen molar-refractivity contribution < 1.29 is 9.64 Å². The van der Waals surface area contributed by atoms with Crippen molar-refractivity contribution in [1.29, 1.82) is 0 Å². The molecule has 0 atom stereocenters. The van der Waals surface area contributed by atoms with Crippen LogP contribution in [0.25, 0.3) is 20.4 Å². The van der Waals surface area contributed by atoms with Crippen LogP contribution in [0.5, 0.6) is 0 Å². The van der Waals surface area contributed by atoms with Gasteiger partial charge >= 0.3 is 0 Å². The number of unbranched alkanes of at least 4 members (excludes halogenated alkanes) is 1. The smallest absolute Gasteiger partial charge is 0.147 e. The number of likely N-dealkylation sites (N-methyl/N-ethyl adjacent to an activating group) is 1. The summed E-state index contributed by atoms with van der Waals surface area (Å²) in [6.45, 7) is 9.14. The van der Waals surface area contributed by atoms with Gasteiger partial charge in [0, 0.05) is 23.1 Å². The molecule has 0 unspecified atom stereocenters. The van der Waals surface area contributed by atoms with Gasteiger partial charge < -0.3 is 15.0 Å². The van der Waals surface area contributed by atoms with Crippen LogP contribution >= 0.6 is 11.3 Å². The number of pyridine rings is 1. The quantitative estimate of drug-likeness (QED) is 0.622. The van der Waals surface area contributed by atoms with Crippen molar-refractivity contribution in [2.45, 2.75) is 58.7 Å². The lowest BCUT2D eigenvalue weighted by Gasteiger charge is -2.33. The molecule has 0 aromatic carbocycles. The molecule has 2 N–H and O–H groups in total. The van der Waals surface area contributed by atoms with Gasteiger partial charge in [-0.25, -0.2) is 15.0 Å². The van der Waals surface area contributed by atoms with Gasteiger partial charge in [0.15, 0.2) is 0 Å². The van der Waals surface area contributed by atoms with Gasteiger partial charge in [0.1, 0.15) is 17.0 Å². The summed E-state index contributed by atoms with van der Waals surface area (Å²) in [5, 5.41) is 4.72. The lowest BCUT2D eigenvalue weighted by molar-refractivity contribution is -0.856. The number of hydrogen-bond donors (Lipinski definition) is 2. The third-order valence-corrected chi connectivity index (χ3v) is 6.68. The van der Waals surface area contributed by atoms with Gasteiger partial charge in [-0.2, -0.15) is 0 Å². The minimum atomic E-state index is -0.167. The molecule has 7 heteroatoms. The zero-order valence-electron chi connectivity index (χ0n) is 18.2.